The lowest BCUT2D eigenvalue weighted by molar-refractivity contribution is -0.114. The Kier molecular flexibility index (Phi) is 7.20. The number of carbonyl (C=O) groups excluding carboxylic acids is 1. The fraction of sp³-hybridized carbons (Fsp3) is 0.207. The highest BCUT2D eigenvalue weighted by Crippen LogP contribution is 2.45. The number of aromatic nitrogens is 2. The van der Waals surface area contributed by atoms with Gasteiger partial charge in [0.2, 0.25) is 5.91 Å². The first-order valence-electron chi connectivity index (χ1n) is 12.3. The van der Waals surface area contributed by atoms with Crippen LogP contribution in [0.15, 0.2) is 66.9 Å². The van der Waals surface area contributed by atoms with E-state index in [0.717, 1.165) is 28.3 Å². The Hall–Kier alpha value is -4.08. The SMILES string of the molecule is COc1ccc(N2C(=S)N[C@@H](c3ccccn3)[C@@H]2c2cc(C)n(-c3cc(Cl)ccc3O)c2C)cc1NC(C)=O. The Labute approximate surface area is 237 Å². The number of benzene rings is 2. The second-order valence-electron chi connectivity index (χ2n) is 9.36. The molecule has 0 aliphatic carbocycles. The Morgan fingerprint density at radius 3 is 2.64 bits per heavy atom. The third-order valence-corrected chi connectivity index (χ3v) is 7.39. The van der Waals surface area contributed by atoms with E-state index in [2.05, 4.69) is 21.7 Å². The lowest BCUT2D eigenvalue weighted by Crippen LogP contribution is -2.29. The van der Waals surface area contributed by atoms with Crippen LogP contribution in [0, 0.1) is 13.8 Å². The fourth-order valence-electron chi connectivity index (χ4n) is 5.22. The molecule has 2 aromatic heterocycles. The van der Waals surface area contributed by atoms with E-state index in [9.17, 15) is 9.90 Å². The van der Waals surface area contributed by atoms with Gasteiger partial charge < -0.3 is 29.9 Å². The molecule has 5 rings (SSSR count). The van der Waals surface area contributed by atoms with E-state index >= 15 is 0 Å². The number of hydrogen-bond donors (Lipinski definition) is 3. The van der Waals surface area contributed by atoms with Gasteiger partial charge in [0, 0.05) is 35.2 Å². The van der Waals surface area contributed by atoms with Crippen LogP contribution >= 0.6 is 23.8 Å². The van der Waals surface area contributed by atoms with Crippen LogP contribution < -0.4 is 20.3 Å². The highest BCUT2D eigenvalue weighted by atomic mass is 35.5. The van der Waals surface area contributed by atoms with Crippen LogP contribution in [-0.4, -0.2) is 32.8 Å². The molecule has 0 spiro atoms. The number of nitrogens with zero attached hydrogens (tertiary/aromatic N) is 3. The lowest BCUT2D eigenvalue weighted by atomic mass is 9.96. The number of rotatable bonds is 6. The third-order valence-electron chi connectivity index (χ3n) is 6.84. The van der Waals surface area contributed by atoms with Gasteiger partial charge in [-0.3, -0.25) is 9.78 Å². The second kappa shape index (κ2) is 10.6. The quantitative estimate of drug-likeness (QED) is 0.249. The minimum Gasteiger partial charge on any atom is -0.506 e. The molecule has 0 saturated carbocycles. The van der Waals surface area contributed by atoms with E-state index in [1.807, 2.05) is 59.7 Å². The fourth-order valence-corrected chi connectivity index (χ4v) is 5.73. The predicted octanol–water partition coefficient (Wildman–Crippen LogP) is 5.99. The Bertz CT molecular complexity index is 1570. The number of aromatic hydroxyl groups is 1. The van der Waals surface area contributed by atoms with Crippen LogP contribution in [0.4, 0.5) is 11.4 Å². The molecule has 8 nitrogen and oxygen atoms in total. The largest absolute Gasteiger partial charge is 0.506 e. The normalized spacial score (nSPS) is 16.7. The summed E-state index contributed by atoms with van der Waals surface area (Å²) < 4.78 is 7.46. The number of phenolic OH excluding ortho intramolecular Hbond substituents is 1. The molecule has 2 atom stereocenters. The summed E-state index contributed by atoms with van der Waals surface area (Å²) in [5.74, 6) is 0.459. The average Bonchev–Trinajstić information content (AvgIpc) is 3.40. The standard InChI is InChI=1S/C29H28ClN5O3S/c1-16-13-21(17(2)34(16)24-14-19(30)8-10-25(24)37)28-27(22-7-5-6-12-31-22)33-29(39)35(28)20-9-11-26(38-4)23(15-20)32-18(3)36/h5-15,27-28,37H,1-4H3,(H,32,36)(H,33,39)/t27-,28-/m0/s1. The summed E-state index contributed by atoms with van der Waals surface area (Å²) in [6.07, 6.45) is 1.76. The summed E-state index contributed by atoms with van der Waals surface area (Å²) in [5.41, 5.74) is 5.57. The van der Waals surface area contributed by atoms with E-state index < -0.39 is 0 Å². The molecular weight excluding hydrogens is 534 g/mol. The van der Waals surface area contributed by atoms with Crippen molar-refractivity contribution in [3.05, 3.63) is 94.5 Å². The van der Waals surface area contributed by atoms with Gasteiger partial charge in [-0.05, 0) is 86.2 Å². The van der Waals surface area contributed by atoms with Gasteiger partial charge in [-0.25, -0.2) is 0 Å². The van der Waals surface area contributed by atoms with E-state index in [-0.39, 0.29) is 23.7 Å². The monoisotopic (exact) mass is 561 g/mol. The molecule has 0 bridgehead atoms. The molecule has 0 radical (unpaired) electrons. The Morgan fingerprint density at radius 1 is 1.15 bits per heavy atom. The molecule has 1 saturated heterocycles. The first-order chi connectivity index (χ1) is 18.7. The molecular formula is C29H28ClN5O3S. The van der Waals surface area contributed by atoms with Gasteiger partial charge in [0.1, 0.15) is 11.5 Å². The smallest absolute Gasteiger partial charge is 0.221 e. The number of phenols is 1. The molecule has 4 aromatic rings. The van der Waals surface area contributed by atoms with Crippen molar-refractivity contribution in [2.45, 2.75) is 32.9 Å². The predicted molar refractivity (Wildman–Crippen MR) is 157 cm³/mol. The number of nitrogens with one attached hydrogen (secondary N) is 2. The summed E-state index contributed by atoms with van der Waals surface area (Å²) in [6, 6.07) is 17.9. The van der Waals surface area contributed by atoms with Gasteiger partial charge in [-0.1, -0.05) is 17.7 Å². The molecule has 39 heavy (non-hydrogen) atoms. The van der Waals surface area contributed by atoms with E-state index in [1.165, 1.54) is 6.92 Å². The van der Waals surface area contributed by atoms with Crippen LogP contribution in [-0.2, 0) is 4.79 Å². The maximum atomic E-state index is 11.9. The van der Waals surface area contributed by atoms with Gasteiger partial charge in [-0.15, -0.1) is 0 Å². The number of thiocarbonyl (C=S) groups is 1. The summed E-state index contributed by atoms with van der Waals surface area (Å²) in [5, 5.41) is 18.0. The van der Waals surface area contributed by atoms with Crippen molar-refractivity contribution < 1.29 is 14.6 Å². The number of hydrogen-bond acceptors (Lipinski definition) is 5. The number of halogens is 1. The molecule has 3 N–H and O–H groups in total. The third kappa shape index (κ3) is 4.91. The van der Waals surface area contributed by atoms with Crippen molar-refractivity contribution in [2.75, 3.05) is 17.3 Å². The van der Waals surface area contributed by atoms with Gasteiger partial charge in [0.05, 0.1) is 36.3 Å². The molecule has 200 valence electrons. The summed E-state index contributed by atoms with van der Waals surface area (Å²) >= 11 is 12.2. The number of aryl methyl sites for hydroxylation is 1. The second-order valence-corrected chi connectivity index (χ2v) is 10.2. The molecule has 1 fully saturated rings. The van der Waals surface area contributed by atoms with Crippen molar-refractivity contribution in [1.29, 1.82) is 0 Å². The number of anilines is 2. The molecule has 1 aliphatic rings. The highest BCUT2D eigenvalue weighted by Gasteiger charge is 2.42. The van der Waals surface area contributed by atoms with Crippen LogP contribution in [0.3, 0.4) is 0 Å². The minimum absolute atomic E-state index is 0.126. The Balaban J connectivity index is 1.70. The van der Waals surface area contributed by atoms with Crippen molar-refractivity contribution in [3.8, 4) is 17.2 Å². The number of methoxy groups -OCH3 is 1. The van der Waals surface area contributed by atoms with Gasteiger partial charge in [0.25, 0.3) is 0 Å². The van der Waals surface area contributed by atoms with Gasteiger partial charge in [0.15, 0.2) is 5.11 Å². The molecule has 2 aromatic carbocycles. The average molecular weight is 562 g/mol. The molecule has 0 unspecified atom stereocenters. The number of ether oxygens (including phenoxy) is 1. The number of amides is 1. The van der Waals surface area contributed by atoms with Crippen LogP contribution in [0.2, 0.25) is 5.02 Å². The van der Waals surface area contributed by atoms with Crippen molar-refractivity contribution in [2.24, 2.45) is 0 Å². The molecule has 1 aliphatic heterocycles. The topological polar surface area (TPSA) is 91.7 Å². The zero-order valence-corrected chi connectivity index (χ0v) is 23.5. The van der Waals surface area contributed by atoms with E-state index in [1.54, 1.807) is 31.5 Å². The zero-order valence-electron chi connectivity index (χ0n) is 21.9. The Morgan fingerprint density at radius 2 is 1.95 bits per heavy atom. The maximum Gasteiger partial charge on any atom is 0.221 e. The van der Waals surface area contributed by atoms with E-state index in [4.69, 9.17) is 28.6 Å². The summed E-state index contributed by atoms with van der Waals surface area (Å²) in [6.45, 7) is 5.45. The molecule has 3 heterocycles. The van der Waals surface area contributed by atoms with Gasteiger partial charge in [-0.2, -0.15) is 0 Å². The van der Waals surface area contributed by atoms with E-state index in [0.29, 0.717) is 27.3 Å². The molecule has 1 amide bonds. The number of pyridine rings is 1. The first-order valence-corrected chi connectivity index (χ1v) is 13.1. The lowest BCUT2D eigenvalue weighted by Gasteiger charge is -2.29. The summed E-state index contributed by atoms with van der Waals surface area (Å²) in [7, 11) is 1.56. The highest BCUT2D eigenvalue weighted by molar-refractivity contribution is 7.80. The van der Waals surface area contributed by atoms with Crippen molar-refractivity contribution in [3.63, 3.8) is 0 Å². The minimum atomic E-state index is -0.299. The van der Waals surface area contributed by atoms with Crippen molar-refractivity contribution >= 4 is 46.2 Å². The van der Waals surface area contributed by atoms with Crippen molar-refractivity contribution in [1.82, 2.24) is 14.9 Å². The number of carbonyl (C=O) groups is 1. The zero-order chi connectivity index (χ0) is 27.8. The maximum absolute atomic E-state index is 11.9. The van der Waals surface area contributed by atoms with Gasteiger partial charge >= 0.3 is 0 Å². The molecule has 10 heteroatoms. The van der Waals surface area contributed by atoms with Crippen LogP contribution in [0.1, 0.15) is 41.7 Å². The van der Waals surface area contributed by atoms with Crippen LogP contribution in [0.25, 0.3) is 5.69 Å². The van der Waals surface area contributed by atoms with Crippen LogP contribution in [0.5, 0.6) is 11.5 Å². The summed E-state index contributed by atoms with van der Waals surface area (Å²) in [4.78, 5) is 18.6. The first kappa shape index (κ1) is 26.5.